The van der Waals surface area contributed by atoms with Crippen LogP contribution in [0.3, 0.4) is 0 Å². The van der Waals surface area contributed by atoms with E-state index in [0.29, 0.717) is 5.75 Å². The number of rotatable bonds is 3. The van der Waals surface area contributed by atoms with Crippen molar-refractivity contribution in [2.45, 2.75) is 13.8 Å². The Balaban J connectivity index is 2.23. The largest absolute Gasteiger partial charge is 0.433 e. The van der Waals surface area contributed by atoms with Gasteiger partial charge in [-0.2, -0.15) is 0 Å². The number of nitrogens with zero attached hydrogens (tertiary/aromatic N) is 1. The minimum atomic E-state index is -0.759. The smallest absolute Gasteiger partial charge is 0.420 e. The van der Waals surface area contributed by atoms with Crippen molar-refractivity contribution in [2.75, 3.05) is 0 Å². The van der Waals surface area contributed by atoms with Gasteiger partial charge in [0.05, 0.1) is 6.07 Å². The van der Waals surface area contributed by atoms with E-state index in [1.54, 1.807) is 26.0 Å². The number of furan rings is 1. The highest BCUT2D eigenvalue weighted by atomic mass is 16.7. The van der Waals surface area contributed by atoms with Gasteiger partial charge in [0.25, 0.3) is 0 Å². The average Bonchev–Trinajstić information content (AvgIpc) is 2.83. The molecule has 0 fully saturated rings. The summed E-state index contributed by atoms with van der Waals surface area (Å²) in [4.78, 5) is 21.6. The van der Waals surface area contributed by atoms with Crippen LogP contribution in [-0.2, 0) is 0 Å². The fourth-order valence-corrected chi connectivity index (χ4v) is 1.64. The molecule has 1 heterocycles. The number of hydrogen-bond donors (Lipinski definition) is 0. The molecule has 0 amide bonds. The van der Waals surface area contributed by atoms with Crippen LogP contribution >= 0.6 is 0 Å². The number of ether oxygens (including phenoxy) is 1. The van der Waals surface area contributed by atoms with Crippen molar-refractivity contribution in [2.24, 2.45) is 0 Å². The Kier molecular flexibility index (Phi) is 3.33. The highest BCUT2D eigenvalue weighted by Crippen LogP contribution is 2.24. The van der Waals surface area contributed by atoms with Crippen LogP contribution in [0.5, 0.6) is 5.75 Å². The van der Waals surface area contributed by atoms with Gasteiger partial charge in [-0.15, -0.1) is 0 Å². The van der Waals surface area contributed by atoms with Gasteiger partial charge in [0, 0.05) is 0 Å². The summed E-state index contributed by atoms with van der Waals surface area (Å²) >= 11 is 0. The van der Waals surface area contributed by atoms with E-state index in [1.807, 2.05) is 6.07 Å². The summed E-state index contributed by atoms with van der Waals surface area (Å²) in [5.74, 6) is -1.01. The number of benzene rings is 1. The van der Waals surface area contributed by atoms with E-state index in [-0.39, 0.29) is 5.76 Å². The normalized spacial score (nSPS) is 10.2. The summed E-state index contributed by atoms with van der Waals surface area (Å²) < 4.78 is 9.98. The minimum absolute atomic E-state index is 0.200. The summed E-state index contributed by atoms with van der Waals surface area (Å²) in [5.41, 5.74) is 1.60. The highest BCUT2D eigenvalue weighted by Gasteiger charge is 2.20. The molecule has 2 aromatic rings. The molecule has 0 radical (unpaired) electrons. The molecule has 0 saturated heterocycles. The number of esters is 1. The molecule has 19 heavy (non-hydrogen) atoms. The Morgan fingerprint density at radius 3 is 2.37 bits per heavy atom. The lowest BCUT2D eigenvalue weighted by Crippen LogP contribution is -2.09. The second-order valence-electron chi connectivity index (χ2n) is 4.01. The molecule has 1 aromatic heterocycles. The lowest BCUT2D eigenvalue weighted by Gasteiger charge is -2.08. The molecule has 0 aliphatic carbocycles. The van der Waals surface area contributed by atoms with Gasteiger partial charge in [-0.1, -0.05) is 18.2 Å². The maximum atomic E-state index is 11.8. The molecule has 6 heteroatoms. The minimum Gasteiger partial charge on any atom is -0.420 e. The van der Waals surface area contributed by atoms with E-state index < -0.39 is 16.8 Å². The first-order valence-corrected chi connectivity index (χ1v) is 5.51. The first-order chi connectivity index (χ1) is 8.99. The Bertz CT molecular complexity index is 624. The quantitative estimate of drug-likeness (QED) is 0.367. The molecule has 0 aliphatic rings. The monoisotopic (exact) mass is 261 g/mol. The number of carbonyl (C=O) groups excluding carboxylic acids is 1. The Morgan fingerprint density at radius 1 is 1.21 bits per heavy atom. The van der Waals surface area contributed by atoms with Gasteiger partial charge in [-0.05, 0) is 31.0 Å². The first-order valence-electron chi connectivity index (χ1n) is 5.51. The predicted molar refractivity (Wildman–Crippen MR) is 66.2 cm³/mol. The molecule has 2 rings (SSSR count). The van der Waals surface area contributed by atoms with Crippen molar-refractivity contribution in [3.63, 3.8) is 0 Å². The Morgan fingerprint density at radius 2 is 1.84 bits per heavy atom. The van der Waals surface area contributed by atoms with Gasteiger partial charge in [-0.25, -0.2) is 4.79 Å². The van der Waals surface area contributed by atoms with Crippen LogP contribution in [0, 0.1) is 24.0 Å². The predicted octanol–water partition coefficient (Wildman–Crippen LogP) is 3.02. The van der Waals surface area contributed by atoms with Crippen LogP contribution in [0.1, 0.15) is 21.7 Å². The van der Waals surface area contributed by atoms with E-state index in [1.165, 1.54) is 6.07 Å². The molecule has 6 nitrogen and oxygen atoms in total. The third-order valence-electron chi connectivity index (χ3n) is 2.58. The average molecular weight is 261 g/mol. The van der Waals surface area contributed by atoms with Crippen molar-refractivity contribution >= 4 is 11.9 Å². The number of hydrogen-bond acceptors (Lipinski definition) is 5. The number of carbonyl (C=O) groups is 1. The van der Waals surface area contributed by atoms with Gasteiger partial charge in [-0.3, -0.25) is 10.1 Å². The van der Waals surface area contributed by atoms with E-state index >= 15 is 0 Å². The van der Waals surface area contributed by atoms with Gasteiger partial charge in [0.15, 0.2) is 0 Å². The number of para-hydroxylation sites is 1. The highest BCUT2D eigenvalue weighted by molar-refractivity contribution is 5.88. The lowest BCUT2D eigenvalue weighted by molar-refractivity contribution is -0.402. The lowest BCUT2D eigenvalue weighted by atomic mass is 10.1. The van der Waals surface area contributed by atoms with Crippen LogP contribution in [0.2, 0.25) is 0 Å². The Labute approximate surface area is 108 Å². The van der Waals surface area contributed by atoms with Gasteiger partial charge in [0.2, 0.25) is 5.76 Å². The van der Waals surface area contributed by atoms with Gasteiger partial charge >= 0.3 is 11.9 Å². The standard InChI is InChI=1S/C13H11NO5/c1-8-4-3-5-9(2)12(8)19-13(15)10-6-7-11(18-10)14(16)17/h3-7H,1-2H3. The molecule has 0 saturated carbocycles. The van der Waals surface area contributed by atoms with Crippen molar-refractivity contribution in [1.29, 1.82) is 0 Å². The molecule has 0 unspecified atom stereocenters. The third kappa shape index (κ3) is 2.62. The van der Waals surface area contributed by atoms with Gasteiger partial charge < -0.3 is 9.15 Å². The number of aryl methyl sites for hydroxylation is 2. The van der Waals surface area contributed by atoms with Crippen molar-refractivity contribution < 1.29 is 18.9 Å². The van der Waals surface area contributed by atoms with E-state index in [9.17, 15) is 14.9 Å². The SMILES string of the molecule is Cc1cccc(C)c1OC(=O)c1ccc([N+](=O)[O-])o1. The molecule has 1 aromatic carbocycles. The zero-order chi connectivity index (χ0) is 14.0. The molecule has 0 bridgehead atoms. The molecule has 0 N–H and O–H groups in total. The maximum absolute atomic E-state index is 11.8. The zero-order valence-corrected chi connectivity index (χ0v) is 10.4. The summed E-state index contributed by atoms with van der Waals surface area (Å²) in [7, 11) is 0. The summed E-state index contributed by atoms with van der Waals surface area (Å²) in [6.07, 6.45) is 0. The summed E-state index contributed by atoms with van der Waals surface area (Å²) in [6.45, 7) is 3.61. The maximum Gasteiger partial charge on any atom is 0.433 e. The Hall–Kier alpha value is -2.63. The van der Waals surface area contributed by atoms with E-state index in [4.69, 9.17) is 9.15 Å². The number of nitro groups is 1. The van der Waals surface area contributed by atoms with Crippen molar-refractivity contribution in [3.05, 3.63) is 57.3 Å². The second kappa shape index (κ2) is 4.93. The van der Waals surface area contributed by atoms with Crippen molar-refractivity contribution in [3.8, 4) is 5.75 Å². The van der Waals surface area contributed by atoms with Crippen molar-refractivity contribution in [1.82, 2.24) is 0 Å². The third-order valence-corrected chi connectivity index (χ3v) is 2.58. The van der Waals surface area contributed by atoms with Crippen LogP contribution in [0.25, 0.3) is 0 Å². The van der Waals surface area contributed by atoms with E-state index in [2.05, 4.69) is 0 Å². The van der Waals surface area contributed by atoms with Crippen LogP contribution in [0.4, 0.5) is 5.88 Å². The summed E-state index contributed by atoms with van der Waals surface area (Å²) in [6, 6.07) is 7.79. The van der Waals surface area contributed by atoms with Crippen LogP contribution in [0.15, 0.2) is 34.7 Å². The second-order valence-corrected chi connectivity index (χ2v) is 4.01. The molecule has 0 aliphatic heterocycles. The first kappa shape index (κ1) is 12.8. The molecule has 0 atom stereocenters. The van der Waals surface area contributed by atoms with Crippen LogP contribution < -0.4 is 4.74 Å². The zero-order valence-electron chi connectivity index (χ0n) is 10.4. The van der Waals surface area contributed by atoms with Gasteiger partial charge in [0.1, 0.15) is 10.7 Å². The molecule has 98 valence electrons. The van der Waals surface area contributed by atoms with Crippen LogP contribution in [-0.4, -0.2) is 10.9 Å². The molecular weight excluding hydrogens is 250 g/mol. The fourth-order valence-electron chi connectivity index (χ4n) is 1.64. The topological polar surface area (TPSA) is 82.6 Å². The summed E-state index contributed by atoms with van der Waals surface area (Å²) in [5, 5.41) is 10.5. The molecule has 0 spiro atoms. The fraction of sp³-hybridized carbons (Fsp3) is 0.154. The molecular formula is C13H11NO5. The van der Waals surface area contributed by atoms with E-state index in [0.717, 1.165) is 17.2 Å².